The second kappa shape index (κ2) is 8.32. The Kier molecular flexibility index (Phi) is 5.76. The SMILES string of the molecule is COc1cc(-c2nc(N=[S@](C)(=O)C3COC3)cc(N3CCOC[C@H]3C)n2)cc(N)n1. The zero-order chi connectivity index (χ0) is 21.3. The predicted molar refractivity (Wildman–Crippen MR) is 115 cm³/mol. The normalized spacial score (nSPS) is 21.6. The molecular formula is C19H26N6O4S. The number of hydrogen-bond acceptors (Lipinski definition) is 10. The zero-order valence-corrected chi connectivity index (χ0v) is 18.1. The summed E-state index contributed by atoms with van der Waals surface area (Å²) in [5.74, 6) is 2.13. The zero-order valence-electron chi connectivity index (χ0n) is 17.3. The average molecular weight is 435 g/mol. The number of nitrogens with two attached hydrogens (primary N) is 1. The van der Waals surface area contributed by atoms with E-state index >= 15 is 0 Å². The van der Waals surface area contributed by atoms with Gasteiger partial charge in [0.2, 0.25) is 5.88 Å². The maximum absolute atomic E-state index is 13.1. The molecule has 2 saturated heterocycles. The smallest absolute Gasteiger partial charge is 0.215 e. The first-order chi connectivity index (χ1) is 14.4. The third-order valence-electron chi connectivity index (χ3n) is 5.15. The first-order valence-corrected chi connectivity index (χ1v) is 11.7. The Balaban J connectivity index is 1.83. The van der Waals surface area contributed by atoms with Gasteiger partial charge in [-0.3, -0.25) is 0 Å². The van der Waals surface area contributed by atoms with Crippen molar-refractivity contribution in [1.82, 2.24) is 15.0 Å². The number of rotatable bonds is 5. The van der Waals surface area contributed by atoms with Gasteiger partial charge in [0.05, 0.1) is 54.6 Å². The van der Waals surface area contributed by atoms with Crippen LogP contribution in [0, 0.1) is 0 Å². The van der Waals surface area contributed by atoms with E-state index in [9.17, 15) is 4.21 Å². The molecule has 2 aromatic rings. The van der Waals surface area contributed by atoms with Crippen molar-refractivity contribution in [1.29, 1.82) is 0 Å². The first-order valence-electron chi connectivity index (χ1n) is 9.70. The topological polar surface area (TPSA) is 125 Å². The van der Waals surface area contributed by atoms with E-state index < -0.39 is 9.73 Å². The number of pyridine rings is 1. The van der Waals surface area contributed by atoms with Crippen LogP contribution in [0.5, 0.6) is 5.88 Å². The standard InChI is InChI=1S/C19H26N6O4S/c1-12-9-28-5-4-25(12)17-8-16(24-30(3,26)14-10-29-11-14)22-19(23-17)13-6-15(20)21-18(7-13)27-2/h6-8,12,14H,4-5,9-11H2,1-3H3,(H2,20,21)/t12-,30-/m1/s1. The van der Waals surface area contributed by atoms with Gasteiger partial charge in [-0.15, -0.1) is 0 Å². The van der Waals surface area contributed by atoms with Crippen molar-refractivity contribution in [3.63, 3.8) is 0 Å². The number of morpholine rings is 1. The van der Waals surface area contributed by atoms with E-state index in [2.05, 4.69) is 26.2 Å². The monoisotopic (exact) mass is 434 g/mol. The molecule has 162 valence electrons. The van der Waals surface area contributed by atoms with E-state index in [-0.39, 0.29) is 11.3 Å². The summed E-state index contributed by atoms with van der Waals surface area (Å²) < 4.78 is 33.6. The number of methoxy groups -OCH3 is 1. The average Bonchev–Trinajstić information content (AvgIpc) is 2.65. The van der Waals surface area contributed by atoms with Gasteiger partial charge in [0.25, 0.3) is 0 Å². The molecule has 0 spiro atoms. The van der Waals surface area contributed by atoms with E-state index in [1.807, 2.05) is 0 Å². The highest BCUT2D eigenvalue weighted by Gasteiger charge is 2.28. The van der Waals surface area contributed by atoms with Gasteiger partial charge in [0.15, 0.2) is 11.6 Å². The van der Waals surface area contributed by atoms with Crippen LogP contribution in [0.1, 0.15) is 6.92 Å². The van der Waals surface area contributed by atoms with Gasteiger partial charge < -0.3 is 24.8 Å². The van der Waals surface area contributed by atoms with E-state index in [1.54, 1.807) is 24.5 Å². The summed E-state index contributed by atoms with van der Waals surface area (Å²) in [5, 5.41) is -0.0988. The molecule has 0 unspecified atom stereocenters. The van der Waals surface area contributed by atoms with Crippen molar-refractivity contribution in [2.24, 2.45) is 4.36 Å². The van der Waals surface area contributed by atoms with Crippen molar-refractivity contribution in [2.75, 3.05) is 57.0 Å². The Morgan fingerprint density at radius 2 is 2.00 bits per heavy atom. The van der Waals surface area contributed by atoms with Crippen molar-refractivity contribution in [3.8, 4) is 17.3 Å². The molecule has 2 atom stereocenters. The van der Waals surface area contributed by atoms with Gasteiger partial charge in [0, 0.05) is 30.5 Å². The molecular weight excluding hydrogens is 408 g/mol. The highest BCUT2D eigenvalue weighted by Crippen LogP contribution is 2.29. The number of ether oxygens (including phenoxy) is 3. The van der Waals surface area contributed by atoms with Crippen molar-refractivity contribution >= 4 is 27.2 Å². The Morgan fingerprint density at radius 3 is 2.67 bits per heavy atom. The van der Waals surface area contributed by atoms with Crippen LogP contribution in [0.25, 0.3) is 11.4 Å². The molecule has 30 heavy (non-hydrogen) atoms. The van der Waals surface area contributed by atoms with Crippen LogP contribution in [-0.2, 0) is 19.2 Å². The second-order valence-electron chi connectivity index (χ2n) is 7.46. The van der Waals surface area contributed by atoms with Crippen LogP contribution in [0.4, 0.5) is 17.5 Å². The fourth-order valence-electron chi connectivity index (χ4n) is 3.30. The minimum absolute atomic E-state index is 0.0988. The van der Waals surface area contributed by atoms with Crippen LogP contribution in [0.3, 0.4) is 0 Å². The summed E-state index contributed by atoms with van der Waals surface area (Å²) >= 11 is 0. The number of anilines is 2. The van der Waals surface area contributed by atoms with Gasteiger partial charge in [-0.05, 0) is 13.0 Å². The fraction of sp³-hybridized carbons (Fsp3) is 0.526. The molecule has 2 aliphatic heterocycles. The third kappa shape index (κ3) is 4.32. The summed E-state index contributed by atoms with van der Waals surface area (Å²) in [6.45, 7) is 4.86. The lowest BCUT2D eigenvalue weighted by Gasteiger charge is -2.34. The predicted octanol–water partition coefficient (Wildman–Crippen LogP) is 1.48. The molecule has 0 aromatic carbocycles. The van der Waals surface area contributed by atoms with E-state index in [4.69, 9.17) is 24.9 Å². The van der Waals surface area contributed by atoms with Gasteiger partial charge in [-0.1, -0.05) is 0 Å². The largest absolute Gasteiger partial charge is 0.481 e. The molecule has 0 radical (unpaired) electrons. The van der Waals surface area contributed by atoms with Crippen LogP contribution >= 0.6 is 0 Å². The summed E-state index contributed by atoms with van der Waals surface area (Å²) in [7, 11) is -0.983. The lowest BCUT2D eigenvalue weighted by atomic mass is 10.2. The molecule has 2 aliphatic rings. The van der Waals surface area contributed by atoms with E-state index in [1.165, 1.54) is 7.11 Å². The Bertz CT molecular complexity index is 1050. The molecule has 11 heteroatoms. The van der Waals surface area contributed by atoms with E-state index in [0.29, 0.717) is 67.7 Å². The fourth-order valence-corrected chi connectivity index (χ4v) is 4.61. The molecule has 0 bridgehead atoms. The number of nitrogen functional groups attached to an aromatic ring is 1. The van der Waals surface area contributed by atoms with E-state index in [0.717, 1.165) is 0 Å². The number of aromatic nitrogens is 3. The van der Waals surface area contributed by atoms with Crippen LogP contribution in [-0.4, -0.2) is 76.8 Å². The van der Waals surface area contributed by atoms with Crippen molar-refractivity contribution < 1.29 is 18.4 Å². The molecule has 0 amide bonds. The summed E-state index contributed by atoms with van der Waals surface area (Å²) in [4.78, 5) is 15.6. The van der Waals surface area contributed by atoms with Gasteiger partial charge in [-0.25, -0.2) is 14.2 Å². The molecule has 4 rings (SSSR count). The molecule has 2 N–H and O–H groups in total. The van der Waals surface area contributed by atoms with Gasteiger partial charge in [-0.2, -0.15) is 9.35 Å². The molecule has 2 fully saturated rings. The number of hydrogen-bond donors (Lipinski definition) is 1. The minimum atomic E-state index is -2.50. The maximum atomic E-state index is 13.1. The van der Waals surface area contributed by atoms with Crippen LogP contribution < -0.4 is 15.4 Å². The number of nitrogens with zero attached hydrogens (tertiary/aromatic N) is 5. The Morgan fingerprint density at radius 1 is 1.20 bits per heavy atom. The lowest BCUT2D eigenvalue weighted by Crippen LogP contribution is -2.44. The van der Waals surface area contributed by atoms with Gasteiger partial charge in [0.1, 0.15) is 11.6 Å². The quantitative estimate of drug-likeness (QED) is 0.745. The Labute approximate surface area is 176 Å². The van der Waals surface area contributed by atoms with Crippen molar-refractivity contribution in [2.45, 2.75) is 18.2 Å². The summed E-state index contributed by atoms with van der Waals surface area (Å²) in [6, 6.07) is 5.30. The second-order valence-corrected chi connectivity index (χ2v) is 10.0. The molecule has 2 aromatic heterocycles. The molecule has 0 saturated carbocycles. The third-order valence-corrected chi connectivity index (χ3v) is 7.21. The Hall–Kier alpha value is -2.50. The minimum Gasteiger partial charge on any atom is -0.481 e. The first kappa shape index (κ1) is 20.8. The highest BCUT2D eigenvalue weighted by molar-refractivity contribution is 7.93. The van der Waals surface area contributed by atoms with Crippen LogP contribution in [0.2, 0.25) is 0 Å². The summed E-state index contributed by atoms with van der Waals surface area (Å²) in [5.41, 5.74) is 6.57. The molecule has 4 heterocycles. The molecule has 10 nitrogen and oxygen atoms in total. The van der Waals surface area contributed by atoms with Crippen LogP contribution in [0.15, 0.2) is 22.6 Å². The van der Waals surface area contributed by atoms with Crippen molar-refractivity contribution in [3.05, 3.63) is 18.2 Å². The lowest BCUT2D eigenvalue weighted by molar-refractivity contribution is 0.0431. The van der Waals surface area contributed by atoms with Gasteiger partial charge >= 0.3 is 0 Å². The maximum Gasteiger partial charge on any atom is 0.215 e. The highest BCUT2D eigenvalue weighted by atomic mass is 32.2. The molecule has 0 aliphatic carbocycles. The summed E-state index contributed by atoms with van der Waals surface area (Å²) in [6.07, 6.45) is 1.65.